The molecule has 8 heteroatoms. The van der Waals surface area contributed by atoms with Gasteiger partial charge in [0.05, 0.1) is 33.3 Å². The van der Waals surface area contributed by atoms with E-state index in [-0.39, 0.29) is 23.8 Å². The van der Waals surface area contributed by atoms with Crippen molar-refractivity contribution in [1.29, 1.82) is 0 Å². The van der Waals surface area contributed by atoms with Gasteiger partial charge in [0.1, 0.15) is 5.54 Å². The Balaban J connectivity index is 1.60. The number of hydrogen-bond donors (Lipinski definition) is 1. The Hall–Kier alpha value is -2.41. The van der Waals surface area contributed by atoms with Crippen LogP contribution in [-0.2, 0) is 19.9 Å². The summed E-state index contributed by atoms with van der Waals surface area (Å²) < 4.78 is 0. The maximum atomic E-state index is 13.9. The molecular weight excluding hydrogens is 437 g/mol. The monoisotopic (exact) mass is 455 g/mol. The molecule has 31 heavy (non-hydrogen) atoms. The lowest BCUT2D eigenvalue weighted by Crippen LogP contribution is -2.54. The Morgan fingerprint density at radius 3 is 2.61 bits per heavy atom. The number of halogens is 2. The lowest BCUT2D eigenvalue weighted by Gasteiger charge is -2.36. The molecule has 1 spiro atoms. The summed E-state index contributed by atoms with van der Waals surface area (Å²) in [4.78, 5) is 44.4. The zero-order chi connectivity index (χ0) is 21.7. The highest BCUT2D eigenvalue weighted by Crippen LogP contribution is 2.61. The molecule has 1 N–H and O–H groups in total. The number of carbonyl (C=O) groups is 3. The van der Waals surface area contributed by atoms with Gasteiger partial charge in [-0.05, 0) is 50.1 Å². The van der Waals surface area contributed by atoms with Crippen molar-refractivity contribution in [2.24, 2.45) is 11.8 Å². The number of carbonyl (C=O) groups excluding carboxylic acids is 3. The molecule has 2 aromatic rings. The molecule has 4 atom stereocenters. The van der Waals surface area contributed by atoms with Crippen molar-refractivity contribution in [2.75, 3.05) is 16.8 Å². The second-order valence-electron chi connectivity index (χ2n) is 8.76. The Kier molecular flexibility index (Phi) is 3.93. The summed E-state index contributed by atoms with van der Waals surface area (Å²) in [5.74, 6) is -2.35. The molecule has 6 rings (SSSR count). The van der Waals surface area contributed by atoms with Gasteiger partial charge in [0.2, 0.25) is 11.8 Å². The van der Waals surface area contributed by atoms with Gasteiger partial charge in [-0.15, -0.1) is 0 Å². The number of rotatable bonds is 1. The molecule has 0 radical (unpaired) electrons. The average Bonchev–Trinajstić information content (AvgIpc) is 3.42. The minimum Gasteiger partial charge on any atom is -0.323 e. The van der Waals surface area contributed by atoms with Crippen LogP contribution < -0.4 is 10.2 Å². The van der Waals surface area contributed by atoms with Gasteiger partial charge in [-0.1, -0.05) is 41.4 Å². The van der Waals surface area contributed by atoms with Gasteiger partial charge in [-0.25, -0.2) is 4.90 Å². The summed E-state index contributed by atoms with van der Waals surface area (Å²) in [5, 5.41) is 3.71. The Bertz CT molecular complexity index is 1200. The van der Waals surface area contributed by atoms with Crippen LogP contribution in [0.15, 0.2) is 36.4 Å². The fourth-order valence-corrected chi connectivity index (χ4v) is 6.81. The number of nitrogens with zero attached hydrogens (tertiary/aromatic N) is 2. The van der Waals surface area contributed by atoms with Crippen molar-refractivity contribution in [3.05, 3.63) is 57.6 Å². The number of amides is 3. The van der Waals surface area contributed by atoms with Crippen LogP contribution in [0, 0.1) is 18.8 Å². The molecule has 4 heterocycles. The van der Waals surface area contributed by atoms with E-state index in [0.717, 1.165) is 18.4 Å². The first kappa shape index (κ1) is 19.3. The Labute approximate surface area is 189 Å². The van der Waals surface area contributed by atoms with Crippen LogP contribution in [0.4, 0.5) is 11.4 Å². The second kappa shape index (κ2) is 6.31. The van der Waals surface area contributed by atoms with Crippen LogP contribution in [0.5, 0.6) is 0 Å². The summed E-state index contributed by atoms with van der Waals surface area (Å²) in [5.41, 5.74) is 1.27. The van der Waals surface area contributed by atoms with Crippen LogP contribution in [0.2, 0.25) is 10.0 Å². The topological polar surface area (TPSA) is 69.7 Å². The van der Waals surface area contributed by atoms with E-state index in [0.29, 0.717) is 33.5 Å². The van der Waals surface area contributed by atoms with E-state index in [2.05, 4.69) is 10.2 Å². The maximum absolute atomic E-state index is 13.9. The van der Waals surface area contributed by atoms with Crippen molar-refractivity contribution >= 4 is 52.3 Å². The van der Waals surface area contributed by atoms with E-state index in [9.17, 15) is 14.4 Å². The van der Waals surface area contributed by atoms with Crippen LogP contribution >= 0.6 is 23.2 Å². The van der Waals surface area contributed by atoms with Gasteiger partial charge >= 0.3 is 0 Å². The van der Waals surface area contributed by atoms with E-state index in [1.165, 1.54) is 4.90 Å². The largest absolute Gasteiger partial charge is 0.323 e. The van der Waals surface area contributed by atoms with E-state index < -0.39 is 17.4 Å². The van der Waals surface area contributed by atoms with Crippen molar-refractivity contribution in [2.45, 2.75) is 31.3 Å². The fraction of sp³-hybridized carbons (Fsp3) is 0.348. The number of imide groups is 1. The van der Waals surface area contributed by atoms with E-state index >= 15 is 0 Å². The van der Waals surface area contributed by atoms with Gasteiger partial charge in [-0.2, -0.15) is 0 Å². The van der Waals surface area contributed by atoms with Crippen LogP contribution in [0.3, 0.4) is 0 Å². The number of para-hydroxylation sites is 1. The quantitative estimate of drug-likeness (QED) is 0.665. The van der Waals surface area contributed by atoms with E-state index in [1.54, 1.807) is 30.3 Å². The fourth-order valence-electron chi connectivity index (χ4n) is 6.27. The molecule has 0 unspecified atom stereocenters. The highest BCUT2D eigenvalue weighted by atomic mass is 35.5. The van der Waals surface area contributed by atoms with Crippen LogP contribution in [0.25, 0.3) is 0 Å². The number of hydrogen-bond acceptors (Lipinski definition) is 4. The molecule has 4 aliphatic rings. The summed E-state index contributed by atoms with van der Waals surface area (Å²) in [7, 11) is 0. The maximum Gasteiger partial charge on any atom is 0.250 e. The highest BCUT2D eigenvalue weighted by molar-refractivity contribution is 6.37. The molecule has 0 saturated carbocycles. The summed E-state index contributed by atoms with van der Waals surface area (Å²) in [6, 6.07) is 10.4. The minimum absolute atomic E-state index is 0.176. The lowest BCUT2D eigenvalue weighted by atomic mass is 9.75. The third-order valence-electron chi connectivity index (χ3n) is 7.29. The van der Waals surface area contributed by atoms with Gasteiger partial charge < -0.3 is 5.32 Å². The Morgan fingerprint density at radius 1 is 1.06 bits per heavy atom. The molecular formula is C23H19Cl2N3O3. The Morgan fingerprint density at radius 2 is 1.84 bits per heavy atom. The third kappa shape index (κ3) is 2.20. The SMILES string of the molecule is Cc1cc(Cl)c2c(c1)[C@]1(C(=O)N2)[C@@H]2C(=O)N(c3ccccc3Cl)C(=O)[C@H]2[C@H]2CCCN21. The van der Waals surface area contributed by atoms with E-state index in [4.69, 9.17) is 23.2 Å². The van der Waals surface area contributed by atoms with Crippen molar-refractivity contribution in [3.63, 3.8) is 0 Å². The molecule has 158 valence electrons. The number of nitrogens with one attached hydrogen (secondary N) is 1. The number of fused-ring (bicyclic) bond motifs is 7. The first-order chi connectivity index (χ1) is 14.9. The predicted octanol–water partition coefficient (Wildman–Crippen LogP) is 3.73. The summed E-state index contributed by atoms with van der Waals surface area (Å²) in [6.45, 7) is 2.57. The normalized spacial score (nSPS) is 31.4. The van der Waals surface area contributed by atoms with Crippen LogP contribution in [0.1, 0.15) is 24.0 Å². The molecule has 3 amide bonds. The third-order valence-corrected chi connectivity index (χ3v) is 7.91. The number of aryl methyl sites for hydroxylation is 1. The molecule has 4 aliphatic heterocycles. The molecule has 6 nitrogen and oxygen atoms in total. The molecule has 3 saturated heterocycles. The molecule has 0 aromatic heterocycles. The van der Waals surface area contributed by atoms with Crippen LogP contribution in [-0.4, -0.2) is 35.2 Å². The first-order valence-corrected chi connectivity index (χ1v) is 11.1. The smallest absolute Gasteiger partial charge is 0.250 e. The highest BCUT2D eigenvalue weighted by Gasteiger charge is 2.74. The standard InChI is InChI=1S/C23H19Cl2N3O3/c1-11-9-12-19(14(25)10-11)26-22(31)23(12)18-17(16-7-4-8-27(16)23)20(29)28(21(18)30)15-6-3-2-5-13(15)24/h2-3,5-6,9-10,16-18H,4,7-8H2,1H3,(H,26,31)/t16-,17+,18+,23-/m1/s1. The number of anilines is 2. The van der Waals surface area contributed by atoms with Gasteiger partial charge in [-0.3, -0.25) is 19.3 Å². The van der Waals surface area contributed by atoms with Gasteiger partial charge in [0.25, 0.3) is 5.91 Å². The first-order valence-electron chi connectivity index (χ1n) is 10.4. The lowest BCUT2D eigenvalue weighted by molar-refractivity contribution is -0.135. The molecule has 3 fully saturated rings. The second-order valence-corrected chi connectivity index (χ2v) is 9.57. The average molecular weight is 456 g/mol. The van der Waals surface area contributed by atoms with E-state index in [1.807, 2.05) is 13.0 Å². The van der Waals surface area contributed by atoms with Gasteiger partial charge in [0, 0.05) is 11.6 Å². The molecule has 0 aliphatic carbocycles. The van der Waals surface area contributed by atoms with Gasteiger partial charge in [0.15, 0.2) is 0 Å². The predicted molar refractivity (Wildman–Crippen MR) is 117 cm³/mol. The molecule has 2 aromatic carbocycles. The molecule has 0 bridgehead atoms. The van der Waals surface area contributed by atoms with Crippen molar-refractivity contribution < 1.29 is 14.4 Å². The summed E-state index contributed by atoms with van der Waals surface area (Å²) >= 11 is 12.8. The zero-order valence-electron chi connectivity index (χ0n) is 16.7. The number of benzene rings is 2. The summed E-state index contributed by atoms with van der Waals surface area (Å²) in [6.07, 6.45) is 1.63. The van der Waals surface area contributed by atoms with Crippen molar-refractivity contribution in [1.82, 2.24) is 4.90 Å². The van der Waals surface area contributed by atoms with Crippen molar-refractivity contribution in [3.8, 4) is 0 Å². The minimum atomic E-state index is -1.24. The zero-order valence-corrected chi connectivity index (χ0v) is 18.2.